The highest BCUT2D eigenvalue weighted by Gasteiger charge is 2.16. The second kappa shape index (κ2) is 3.93. The molecule has 0 amide bonds. The molecule has 0 saturated heterocycles. The van der Waals surface area contributed by atoms with Crippen LogP contribution in [0.3, 0.4) is 0 Å². The van der Waals surface area contributed by atoms with Gasteiger partial charge >= 0.3 is 0 Å². The highest BCUT2D eigenvalue weighted by Crippen LogP contribution is 2.16. The lowest BCUT2D eigenvalue weighted by molar-refractivity contribution is 0.597. The number of hydrogen-bond donors (Lipinski definition) is 2. The summed E-state index contributed by atoms with van der Waals surface area (Å²) in [5.74, 6) is 0. The minimum Gasteiger partial charge on any atom is -0.277 e. The highest BCUT2D eigenvalue weighted by atomic mass is 32.2. The lowest BCUT2D eigenvalue weighted by Gasteiger charge is -2.07. The molecule has 2 aromatic rings. The zero-order valence-corrected chi connectivity index (χ0v) is 9.32. The summed E-state index contributed by atoms with van der Waals surface area (Å²) in [5.41, 5.74) is 1.26. The van der Waals surface area contributed by atoms with E-state index in [1.54, 1.807) is 19.2 Å². The van der Waals surface area contributed by atoms with Gasteiger partial charge in [0.05, 0.1) is 18.1 Å². The van der Waals surface area contributed by atoms with Crippen molar-refractivity contribution in [3.8, 4) is 0 Å². The molecular weight excluding hydrogens is 228 g/mol. The van der Waals surface area contributed by atoms with Gasteiger partial charge in [-0.05, 0) is 24.6 Å². The summed E-state index contributed by atoms with van der Waals surface area (Å²) in [6.45, 7) is 1.80. The first kappa shape index (κ1) is 10.6. The van der Waals surface area contributed by atoms with E-state index in [-0.39, 0.29) is 5.03 Å². The number of anilines is 1. The van der Waals surface area contributed by atoms with Crippen molar-refractivity contribution in [2.24, 2.45) is 0 Å². The number of nitrogens with zero attached hydrogens (tertiary/aromatic N) is 2. The number of aryl methyl sites for hydroxylation is 1. The van der Waals surface area contributed by atoms with Crippen LogP contribution < -0.4 is 4.72 Å². The first-order chi connectivity index (χ1) is 7.59. The van der Waals surface area contributed by atoms with Gasteiger partial charge in [-0.1, -0.05) is 0 Å². The second-order valence-electron chi connectivity index (χ2n) is 3.22. The van der Waals surface area contributed by atoms with Crippen LogP contribution >= 0.6 is 0 Å². The Bertz CT molecular complexity index is 577. The maximum Gasteiger partial charge on any atom is 0.278 e. The monoisotopic (exact) mass is 238 g/mol. The predicted octanol–water partition coefficient (Wildman–Crippen LogP) is 0.914. The smallest absolute Gasteiger partial charge is 0.277 e. The molecule has 7 heteroatoms. The van der Waals surface area contributed by atoms with Gasteiger partial charge in [0.2, 0.25) is 0 Å². The molecule has 84 valence electrons. The molecule has 0 saturated carbocycles. The average molecular weight is 238 g/mol. The molecule has 0 bridgehead atoms. The van der Waals surface area contributed by atoms with Crippen molar-refractivity contribution in [1.29, 1.82) is 0 Å². The number of aromatic amines is 1. The Balaban J connectivity index is 2.33. The Morgan fingerprint density at radius 3 is 2.75 bits per heavy atom. The average Bonchev–Trinajstić information content (AvgIpc) is 2.75. The Kier molecular flexibility index (Phi) is 2.61. The molecule has 0 unspecified atom stereocenters. The fourth-order valence-corrected chi connectivity index (χ4v) is 2.19. The van der Waals surface area contributed by atoms with Gasteiger partial charge in [0.25, 0.3) is 10.0 Å². The summed E-state index contributed by atoms with van der Waals surface area (Å²) in [4.78, 5) is 3.86. The molecule has 2 aromatic heterocycles. The van der Waals surface area contributed by atoms with Crippen molar-refractivity contribution in [3.05, 3.63) is 36.3 Å². The van der Waals surface area contributed by atoms with Gasteiger partial charge in [0, 0.05) is 6.20 Å². The van der Waals surface area contributed by atoms with Crippen molar-refractivity contribution >= 4 is 15.7 Å². The third-order valence-electron chi connectivity index (χ3n) is 2.05. The van der Waals surface area contributed by atoms with Crippen LogP contribution in [-0.2, 0) is 10.0 Å². The third kappa shape index (κ3) is 2.03. The first-order valence-corrected chi connectivity index (χ1v) is 6.01. The van der Waals surface area contributed by atoms with E-state index in [1.807, 2.05) is 0 Å². The molecule has 0 spiro atoms. The van der Waals surface area contributed by atoms with Crippen LogP contribution in [0.15, 0.2) is 35.7 Å². The van der Waals surface area contributed by atoms with E-state index in [1.165, 1.54) is 18.5 Å². The molecule has 6 nitrogen and oxygen atoms in total. The van der Waals surface area contributed by atoms with Crippen LogP contribution in [-0.4, -0.2) is 23.6 Å². The second-order valence-corrected chi connectivity index (χ2v) is 4.87. The fraction of sp³-hybridized carbons (Fsp3) is 0.111. The molecule has 0 radical (unpaired) electrons. The van der Waals surface area contributed by atoms with Gasteiger partial charge in [-0.15, -0.1) is 0 Å². The van der Waals surface area contributed by atoms with E-state index >= 15 is 0 Å². The van der Waals surface area contributed by atoms with Crippen molar-refractivity contribution in [1.82, 2.24) is 15.2 Å². The maximum atomic E-state index is 11.8. The fourth-order valence-electron chi connectivity index (χ4n) is 1.16. The number of sulfonamides is 1. The molecule has 2 heterocycles. The molecule has 0 fully saturated rings. The highest BCUT2D eigenvalue weighted by molar-refractivity contribution is 7.92. The number of nitrogens with one attached hydrogen (secondary N) is 2. The summed E-state index contributed by atoms with van der Waals surface area (Å²) in [6.07, 6.45) is 4.44. The molecule has 0 aliphatic heterocycles. The van der Waals surface area contributed by atoms with Gasteiger partial charge < -0.3 is 0 Å². The Hall–Kier alpha value is -1.89. The van der Waals surface area contributed by atoms with Gasteiger partial charge in [0.1, 0.15) is 0 Å². The van der Waals surface area contributed by atoms with Gasteiger partial charge in [-0.25, -0.2) is 0 Å². The van der Waals surface area contributed by atoms with E-state index in [2.05, 4.69) is 19.9 Å². The minimum atomic E-state index is -3.60. The zero-order valence-electron chi connectivity index (χ0n) is 8.51. The van der Waals surface area contributed by atoms with Crippen LogP contribution in [0.5, 0.6) is 0 Å². The lowest BCUT2D eigenvalue weighted by Crippen LogP contribution is -2.14. The van der Waals surface area contributed by atoms with Crippen molar-refractivity contribution in [2.45, 2.75) is 11.9 Å². The Morgan fingerprint density at radius 1 is 1.31 bits per heavy atom. The molecule has 0 aliphatic carbocycles. The topological polar surface area (TPSA) is 87.7 Å². The van der Waals surface area contributed by atoms with Crippen LogP contribution in [0.1, 0.15) is 5.56 Å². The summed E-state index contributed by atoms with van der Waals surface area (Å²) in [7, 11) is -3.60. The number of hydrogen-bond acceptors (Lipinski definition) is 4. The lowest BCUT2D eigenvalue weighted by atomic mass is 10.3. The predicted molar refractivity (Wildman–Crippen MR) is 58.4 cm³/mol. The molecule has 0 aliphatic rings. The minimum absolute atomic E-state index is 0.0238. The third-order valence-corrected chi connectivity index (χ3v) is 3.34. The molecule has 0 atom stereocenters. The van der Waals surface area contributed by atoms with Crippen LogP contribution in [0, 0.1) is 6.92 Å². The van der Waals surface area contributed by atoms with Gasteiger partial charge in [0.15, 0.2) is 5.03 Å². The standard InChI is InChI=1S/C9H10N4O2S/c1-7-2-4-10-6-8(7)13-16(14,15)9-3-5-11-12-9/h2-6,13H,1H3,(H,11,12). The molecule has 16 heavy (non-hydrogen) atoms. The van der Waals surface area contributed by atoms with Crippen LogP contribution in [0.25, 0.3) is 0 Å². The van der Waals surface area contributed by atoms with Crippen molar-refractivity contribution in [2.75, 3.05) is 4.72 Å². The Morgan fingerprint density at radius 2 is 2.12 bits per heavy atom. The zero-order chi connectivity index (χ0) is 11.6. The molecule has 0 aromatic carbocycles. The quantitative estimate of drug-likeness (QED) is 0.832. The van der Waals surface area contributed by atoms with Gasteiger partial charge in [-0.2, -0.15) is 13.5 Å². The van der Waals surface area contributed by atoms with Crippen LogP contribution in [0.4, 0.5) is 5.69 Å². The summed E-state index contributed by atoms with van der Waals surface area (Å²) < 4.78 is 26.0. The molecule has 2 N–H and O–H groups in total. The van der Waals surface area contributed by atoms with E-state index < -0.39 is 10.0 Å². The van der Waals surface area contributed by atoms with Crippen molar-refractivity contribution in [3.63, 3.8) is 0 Å². The summed E-state index contributed by atoms with van der Waals surface area (Å²) >= 11 is 0. The largest absolute Gasteiger partial charge is 0.278 e. The van der Waals surface area contributed by atoms with E-state index in [0.29, 0.717) is 5.69 Å². The van der Waals surface area contributed by atoms with E-state index in [4.69, 9.17) is 0 Å². The number of aromatic nitrogens is 3. The number of rotatable bonds is 3. The van der Waals surface area contributed by atoms with Crippen molar-refractivity contribution < 1.29 is 8.42 Å². The number of H-pyrrole nitrogens is 1. The van der Waals surface area contributed by atoms with Gasteiger partial charge in [-0.3, -0.25) is 14.8 Å². The molecule has 2 rings (SSSR count). The van der Waals surface area contributed by atoms with Crippen LogP contribution in [0.2, 0.25) is 0 Å². The number of pyridine rings is 1. The first-order valence-electron chi connectivity index (χ1n) is 4.52. The van der Waals surface area contributed by atoms with E-state index in [9.17, 15) is 8.42 Å². The SMILES string of the molecule is Cc1ccncc1NS(=O)(=O)c1ccn[nH]1. The normalized spacial score (nSPS) is 11.3. The summed E-state index contributed by atoms with van der Waals surface area (Å²) in [5, 5.41) is 6.01. The Labute approximate surface area is 92.8 Å². The maximum absolute atomic E-state index is 11.8. The molecular formula is C9H10N4O2S. The van der Waals surface area contributed by atoms with E-state index in [0.717, 1.165) is 5.56 Å². The summed E-state index contributed by atoms with van der Waals surface area (Å²) in [6, 6.07) is 3.11.